The summed E-state index contributed by atoms with van der Waals surface area (Å²) in [5, 5.41) is 35.9. The minimum absolute atomic E-state index is 0. The molecule has 0 radical (unpaired) electrons. The van der Waals surface area contributed by atoms with E-state index in [1.54, 1.807) is 0 Å². The fourth-order valence-electron chi connectivity index (χ4n) is 0.776. The van der Waals surface area contributed by atoms with Crippen LogP contribution >= 0.6 is 7.82 Å². The zero-order valence-electron chi connectivity index (χ0n) is 12.1. The number of carbonyl (C=O) groups is 1. The van der Waals surface area contributed by atoms with Gasteiger partial charge in [-0.15, -0.1) is 0 Å². The molecule has 0 aliphatic carbocycles. The molecule has 24 heavy (non-hydrogen) atoms. The Morgan fingerprint density at radius 2 is 1.21 bits per heavy atom. The van der Waals surface area contributed by atoms with Crippen LogP contribution in [-0.2, 0) is 13.9 Å². The number of phosphoric ester groups is 1. The van der Waals surface area contributed by atoms with Gasteiger partial charge in [0.1, 0.15) is 24.4 Å². The second-order valence-electron chi connectivity index (χ2n) is 2.92. The van der Waals surface area contributed by atoms with E-state index in [-0.39, 0.29) is 93.5 Å². The molecule has 0 heterocycles. The molecule has 0 aromatic carbocycles. The van der Waals surface area contributed by atoms with E-state index in [0.717, 1.165) is 0 Å². The number of aliphatic hydroxyl groups excluding tert-OH is 4. The summed E-state index contributed by atoms with van der Waals surface area (Å²) in [7, 11) is -5.30. The van der Waals surface area contributed by atoms with E-state index in [0.29, 0.717) is 0 Å². The SMILES string of the molecule is O.O.O.O.O.O.O.O=CC(O)C(O)C(O)C(O)COP(=O)([O-])[O-].[Ba+2]. The topological polar surface area (TPSA) is 391 Å². The zero-order valence-corrected chi connectivity index (χ0v) is 17.4. The molecule has 18 N–H and O–H groups in total. The van der Waals surface area contributed by atoms with Crippen molar-refractivity contribution in [2.45, 2.75) is 24.4 Å². The maximum atomic E-state index is 10.0. The molecule has 0 aromatic rings. The Bertz CT molecular complexity index is 273. The van der Waals surface area contributed by atoms with E-state index in [4.69, 9.17) is 20.4 Å². The Morgan fingerprint density at radius 3 is 1.46 bits per heavy atom. The van der Waals surface area contributed by atoms with Gasteiger partial charge in [0.15, 0.2) is 6.29 Å². The summed E-state index contributed by atoms with van der Waals surface area (Å²) in [6.07, 6.45) is -8.04. The largest absolute Gasteiger partial charge is 2.00 e. The van der Waals surface area contributed by atoms with E-state index in [1.807, 2.05) is 0 Å². The summed E-state index contributed by atoms with van der Waals surface area (Å²) in [6, 6.07) is 0. The van der Waals surface area contributed by atoms with Gasteiger partial charge in [-0.1, -0.05) is 0 Å². The van der Waals surface area contributed by atoms with Gasteiger partial charge < -0.3 is 82.4 Å². The van der Waals surface area contributed by atoms with Crippen LogP contribution in [0.25, 0.3) is 0 Å². The predicted molar refractivity (Wildman–Crippen MR) is 74.7 cm³/mol. The van der Waals surface area contributed by atoms with Crippen LogP contribution in [0, 0.1) is 0 Å². The number of hydrogen-bond acceptors (Lipinski definition) is 9. The average molecular weight is 522 g/mol. The number of rotatable bonds is 7. The van der Waals surface area contributed by atoms with Crippen LogP contribution < -0.4 is 9.79 Å². The Kier molecular flexibility index (Phi) is 61.3. The summed E-state index contributed by atoms with van der Waals surface area (Å²) in [5.41, 5.74) is 0. The Hall–Kier alpha value is 0.911. The maximum Gasteiger partial charge on any atom is 2.00 e. The molecular formula is C6H25BaO16P. The van der Waals surface area contributed by atoms with Gasteiger partial charge in [0.25, 0.3) is 0 Å². The van der Waals surface area contributed by atoms with Gasteiger partial charge in [-0.05, 0) is 0 Å². The van der Waals surface area contributed by atoms with Crippen molar-refractivity contribution >= 4 is 63.0 Å². The minimum Gasteiger partial charge on any atom is -0.790 e. The third kappa shape index (κ3) is 25.2. The van der Waals surface area contributed by atoms with Crippen molar-refractivity contribution in [2.75, 3.05) is 6.61 Å². The molecule has 0 saturated heterocycles. The van der Waals surface area contributed by atoms with Crippen LogP contribution in [-0.4, -0.2) is 145 Å². The first kappa shape index (κ1) is 56.3. The van der Waals surface area contributed by atoms with Crippen molar-refractivity contribution in [1.82, 2.24) is 0 Å². The smallest absolute Gasteiger partial charge is 0.790 e. The van der Waals surface area contributed by atoms with E-state index in [2.05, 4.69) is 4.52 Å². The fraction of sp³-hybridized carbons (Fsp3) is 0.833. The van der Waals surface area contributed by atoms with Gasteiger partial charge in [0, 0.05) is 0 Å². The van der Waals surface area contributed by atoms with E-state index in [1.165, 1.54) is 0 Å². The molecule has 0 aliphatic rings. The number of phosphoric acid groups is 1. The maximum absolute atomic E-state index is 10.0. The molecule has 0 fully saturated rings. The van der Waals surface area contributed by atoms with E-state index < -0.39 is 38.8 Å². The first-order valence-corrected chi connectivity index (χ1v) is 5.49. The molecule has 152 valence electrons. The molecule has 0 spiro atoms. The molecule has 16 nitrogen and oxygen atoms in total. The second kappa shape index (κ2) is 26.1. The van der Waals surface area contributed by atoms with Gasteiger partial charge in [0.05, 0.1) is 14.4 Å². The van der Waals surface area contributed by atoms with Crippen molar-refractivity contribution in [2.24, 2.45) is 0 Å². The average Bonchev–Trinajstić information content (AvgIpc) is 2.21. The predicted octanol–water partition coefficient (Wildman–Crippen LogP) is -10.7. The molecule has 0 amide bonds. The van der Waals surface area contributed by atoms with Gasteiger partial charge in [-0.25, -0.2) is 0 Å². The normalized spacial score (nSPS) is 13.2. The Morgan fingerprint density at radius 1 is 0.875 bits per heavy atom. The first-order chi connectivity index (χ1) is 7.19. The molecule has 0 bridgehead atoms. The molecule has 0 saturated carbocycles. The third-order valence-electron chi connectivity index (χ3n) is 1.64. The quantitative estimate of drug-likeness (QED) is 0.140. The molecule has 0 aliphatic heterocycles. The molecule has 4 atom stereocenters. The van der Waals surface area contributed by atoms with Crippen molar-refractivity contribution in [3.05, 3.63) is 0 Å². The fourth-order valence-corrected chi connectivity index (χ4v) is 1.11. The van der Waals surface area contributed by atoms with Crippen molar-refractivity contribution in [1.29, 1.82) is 0 Å². The Labute approximate surface area is 175 Å². The Balaban J connectivity index is -0.0000000402. The standard InChI is InChI=1S/C6H13O9P.Ba.7H2O/c7-1-3(8)5(10)6(11)4(9)2-15-16(12,13)14;;;;;;;;/h1,3-6,8-11H,2H2,(H2,12,13,14);;7*1H2/q;+2;;;;;;;/p-2. The van der Waals surface area contributed by atoms with E-state index >= 15 is 0 Å². The van der Waals surface area contributed by atoms with Crippen LogP contribution in [0.5, 0.6) is 0 Å². The van der Waals surface area contributed by atoms with Crippen molar-refractivity contribution in [3.63, 3.8) is 0 Å². The van der Waals surface area contributed by atoms with E-state index in [9.17, 15) is 19.1 Å². The van der Waals surface area contributed by atoms with Crippen molar-refractivity contribution < 1.29 is 82.4 Å². The number of carbonyl (C=O) groups excluding carboxylic acids is 1. The third-order valence-corrected chi connectivity index (χ3v) is 2.10. The summed E-state index contributed by atoms with van der Waals surface area (Å²) >= 11 is 0. The summed E-state index contributed by atoms with van der Waals surface area (Å²) in [6.45, 7) is -1.09. The molecular weight excluding hydrogens is 496 g/mol. The van der Waals surface area contributed by atoms with Gasteiger partial charge in [0.2, 0.25) is 0 Å². The van der Waals surface area contributed by atoms with Crippen molar-refractivity contribution in [3.8, 4) is 0 Å². The van der Waals surface area contributed by atoms with Crippen LogP contribution in [0.4, 0.5) is 0 Å². The van der Waals surface area contributed by atoms with Crippen LogP contribution in [0.15, 0.2) is 0 Å². The number of aliphatic hydroxyl groups is 4. The number of aldehydes is 1. The molecule has 0 aromatic heterocycles. The first-order valence-electron chi connectivity index (χ1n) is 4.03. The summed E-state index contributed by atoms with van der Waals surface area (Å²) < 4.78 is 13.6. The molecule has 4 unspecified atom stereocenters. The molecule has 18 heteroatoms. The monoisotopic (exact) mass is 522 g/mol. The van der Waals surface area contributed by atoms with Gasteiger partial charge >= 0.3 is 48.9 Å². The van der Waals surface area contributed by atoms with Crippen LogP contribution in [0.2, 0.25) is 0 Å². The summed E-state index contributed by atoms with van der Waals surface area (Å²) in [4.78, 5) is 30.0. The molecule has 0 rings (SSSR count). The second-order valence-corrected chi connectivity index (χ2v) is 4.07. The van der Waals surface area contributed by atoms with Crippen LogP contribution in [0.3, 0.4) is 0 Å². The number of hydrogen-bond donors (Lipinski definition) is 4. The van der Waals surface area contributed by atoms with Gasteiger partial charge in [-0.3, -0.25) is 0 Å². The van der Waals surface area contributed by atoms with Crippen LogP contribution in [0.1, 0.15) is 0 Å². The van der Waals surface area contributed by atoms with Gasteiger partial charge in [-0.2, -0.15) is 0 Å². The minimum atomic E-state index is -5.30. The zero-order chi connectivity index (χ0) is 12.9. The summed E-state index contributed by atoms with van der Waals surface area (Å²) in [5.74, 6) is 0.